The Labute approximate surface area is 128 Å². The molecule has 22 heavy (non-hydrogen) atoms. The molecule has 0 unspecified atom stereocenters. The Hall–Kier alpha value is -2.88. The minimum absolute atomic E-state index is 0.234. The third-order valence-corrected chi connectivity index (χ3v) is 3.24. The molecule has 0 fully saturated rings. The fourth-order valence-electron chi connectivity index (χ4n) is 2.17. The number of nitrogens with zero attached hydrogens (tertiary/aromatic N) is 1. The number of nitrogens with two attached hydrogens (primary N) is 1. The van der Waals surface area contributed by atoms with Gasteiger partial charge in [-0.2, -0.15) is 0 Å². The average molecular weight is 294 g/mol. The van der Waals surface area contributed by atoms with E-state index >= 15 is 0 Å². The molecule has 3 nitrogen and oxygen atoms in total. The average Bonchev–Trinajstić information content (AvgIpc) is 2.54. The number of aromatic nitrogens is 1. The maximum Gasteiger partial charge on any atom is 0.151 e. The van der Waals surface area contributed by atoms with Crippen molar-refractivity contribution >= 4 is 5.69 Å². The van der Waals surface area contributed by atoms with E-state index in [1.165, 1.54) is 12.3 Å². The van der Waals surface area contributed by atoms with Crippen LogP contribution >= 0.6 is 0 Å². The molecule has 0 amide bonds. The van der Waals surface area contributed by atoms with Gasteiger partial charge in [-0.05, 0) is 17.7 Å². The van der Waals surface area contributed by atoms with E-state index in [9.17, 15) is 4.39 Å². The summed E-state index contributed by atoms with van der Waals surface area (Å²) in [5.74, 6) is 0.123. The predicted octanol–water partition coefficient (Wildman–Crippen LogP) is 4.05. The van der Waals surface area contributed by atoms with Gasteiger partial charge in [-0.3, -0.25) is 4.98 Å². The topological polar surface area (TPSA) is 48.1 Å². The van der Waals surface area contributed by atoms with E-state index in [2.05, 4.69) is 4.98 Å². The second kappa shape index (κ2) is 6.26. The summed E-state index contributed by atoms with van der Waals surface area (Å²) in [7, 11) is 0. The molecule has 4 heteroatoms. The number of hydrogen-bond acceptors (Lipinski definition) is 3. The molecule has 0 saturated carbocycles. The number of rotatable bonds is 4. The van der Waals surface area contributed by atoms with Crippen molar-refractivity contribution in [2.75, 3.05) is 5.73 Å². The van der Waals surface area contributed by atoms with Crippen LogP contribution in [0.3, 0.4) is 0 Å². The monoisotopic (exact) mass is 294 g/mol. The van der Waals surface area contributed by atoms with Gasteiger partial charge in [0.2, 0.25) is 0 Å². The van der Waals surface area contributed by atoms with Gasteiger partial charge in [0, 0.05) is 11.6 Å². The van der Waals surface area contributed by atoms with Crippen LogP contribution in [-0.2, 0) is 6.61 Å². The number of halogens is 1. The minimum atomic E-state index is -0.462. The zero-order valence-corrected chi connectivity index (χ0v) is 11.9. The Kier molecular flexibility index (Phi) is 4.01. The molecule has 0 saturated heterocycles. The van der Waals surface area contributed by atoms with Gasteiger partial charge in [0.15, 0.2) is 5.82 Å². The number of anilines is 1. The quantitative estimate of drug-likeness (QED) is 0.789. The molecule has 1 aromatic heterocycles. The number of nitrogen functional groups attached to an aromatic ring is 1. The maximum absolute atomic E-state index is 14.1. The molecule has 0 spiro atoms. The third-order valence-electron chi connectivity index (χ3n) is 3.24. The van der Waals surface area contributed by atoms with Crippen molar-refractivity contribution in [1.29, 1.82) is 0 Å². The number of ether oxygens (including phenoxy) is 1. The molecule has 0 aliphatic rings. The molecule has 0 aliphatic carbocycles. The summed E-state index contributed by atoms with van der Waals surface area (Å²) >= 11 is 0. The van der Waals surface area contributed by atoms with Crippen molar-refractivity contribution in [2.24, 2.45) is 0 Å². The molecule has 3 rings (SSSR count). The van der Waals surface area contributed by atoms with E-state index in [1.54, 1.807) is 12.1 Å². The number of benzene rings is 2. The lowest BCUT2D eigenvalue weighted by atomic mass is 10.1. The standard InChI is InChI=1S/C18H15FN2O/c19-16-10-14(20)11-21-18(16)15-8-4-5-9-17(15)22-12-13-6-2-1-3-7-13/h1-11H,12,20H2. The van der Waals surface area contributed by atoms with Gasteiger partial charge in [0.1, 0.15) is 18.1 Å². The summed E-state index contributed by atoms with van der Waals surface area (Å²) in [6.45, 7) is 0.411. The molecular weight excluding hydrogens is 279 g/mol. The lowest BCUT2D eigenvalue weighted by Crippen LogP contribution is -1.99. The molecule has 110 valence electrons. The van der Waals surface area contributed by atoms with Gasteiger partial charge in [-0.25, -0.2) is 4.39 Å². The third kappa shape index (κ3) is 3.06. The Morgan fingerprint density at radius 1 is 1.00 bits per heavy atom. The molecular formula is C18H15FN2O. The summed E-state index contributed by atoms with van der Waals surface area (Å²) in [4.78, 5) is 4.08. The molecule has 2 aromatic carbocycles. The first-order chi connectivity index (χ1) is 10.7. The highest BCUT2D eigenvalue weighted by atomic mass is 19.1. The molecule has 0 bridgehead atoms. The first kappa shape index (κ1) is 14.1. The fraction of sp³-hybridized carbons (Fsp3) is 0.0556. The molecule has 2 N–H and O–H groups in total. The van der Waals surface area contributed by atoms with Crippen molar-refractivity contribution in [3.8, 4) is 17.0 Å². The van der Waals surface area contributed by atoms with E-state index in [0.29, 0.717) is 23.6 Å². The Bertz CT molecular complexity index is 775. The molecule has 1 heterocycles. The summed E-state index contributed by atoms with van der Waals surface area (Å²) in [5, 5.41) is 0. The largest absolute Gasteiger partial charge is 0.488 e. The Morgan fingerprint density at radius 2 is 1.73 bits per heavy atom. The van der Waals surface area contributed by atoms with Crippen LogP contribution in [0.5, 0.6) is 5.75 Å². The van der Waals surface area contributed by atoms with Gasteiger partial charge >= 0.3 is 0 Å². The summed E-state index contributed by atoms with van der Waals surface area (Å²) in [6.07, 6.45) is 1.44. The minimum Gasteiger partial charge on any atom is -0.488 e. The number of pyridine rings is 1. The van der Waals surface area contributed by atoms with Gasteiger partial charge in [0.25, 0.3) is 0 Å². The molecule has 0 radical (unpaired) electrons. The normalized spacial score (nSPS) is 10.4. The number of hydrogen-bond donors (Lipinski definition) is 1. The SMILES string of the molecule is Nc1cnc(-c2ccccc2OCc2ccccc2)c(F)c1. The van der Waals surface area contributed by atoms with Gasteiger partial charge < -0.3 is 10.5 Å². The highest BCUT2D eigenvalue weighted by Crippen LogP contribution is 2.31. The van der Waals surface area contributed by atoms with E-state index in [-0.39, 0.29) is 5.69 Å². The van der Waals surface area contributed by atoms with Gasteiger partial charge in [0.05, 0.1) is 11.9 Å². The molecule has 3 aromatic rings. The van der Waals surface area contributed by atoms with E-state index in [4.69, 9.17) is 10.5 Å². The highest BCUT2D eigenvalue weighted by molar-refractivity contribution is 5.68. The zero-order valence-electron chi connectivity index (χ0n) is 11.9. The second-order valence-corrected chi connectivity index (χ2v) is 4.87. The van der Waals surface area contributed by atoms with Gasteiger partial charge in [-0.15, -0.1) is 0 Å². The highest BCUT2D eigenvalue weighted by Gasteiger charge is 2.12. The van der Waals surface area contributed by atoms with Gasteiger partial charge in [-0.1, -0.05) is 42.5 Å². The summed E-state index contributed by atoms with van der Waals surface area (Å²) < 4.78 is 19.9. The first-order valence-electron chi connectivity index (χ1n) is 6.91. The second-order valence-electron chi connectivity index (χ2n) is 4.87. The molecule has 0 aliphatic heterocycles. The van der Waals surface area contributed by atoms with Crippen LogP contribution in [0.15, 0.2) is 66.9 Å². The van der Waals surface area contributed by atoms with E-state index in [0.717, 1.165) is 5.56 Å². The van der Waals surface area contributed by atoms with Crippen molar-refractivity contribution in [1.82, 2.24) is 4.98 Å². The first-order valence-corrected chi connectivity index (χ1v) is 6.91. The summed E-state index contributed by atoms with van der Waals surface area (Å²) in [6, 6.07) is 18.3. The lowest BCUT2D eigenvalue weighted by molar-refractivity contribution is 0.307. The van der Waals surface area contributed by atoms with Crippen LogP contribution in [-0.4, -0.2) is 4.98 Å². The van der Waals surface area contributed by atoms with Crippen LogP contribution in [0.1, 0.15) is 5.56 Å². The van der Waals surface area contributed by atoms with Crippen LogP contribution in [0, 0.1) is 5.82 Å². The van der Waals surface area contributed by atoms with Crippen molar-refractivity contribution in [3.05, 3.63) is 78.2 Å². The van der Waals surface area contributed by atoms with Crippen LogP contribution < -0.4 is 10.5 Å². The van der Waals surface area contributed by atoms with Crippen LogP contribution in [0.4, 0.5) is 10.1 Å². The molecule has 0 atom stereocenters. The Balaban J connectivity index is 1.90. The fourth-order valence-corrected chi connectivity index (χ4v) is 2.17. The van der Waals surface area contributed by atoms with E-state index in [1.807, 2.05) is 42.5 Å². The smallest absolute Gasteiger partial charge is 0.151 e. The van der Waals surface area contributed by atoms with Crippen LogP contribution in [0.25, 0.3) is 11.3 Å². The number of para-hydroxylation sites is 1. The van der Waals surface area contributed by atoms with Crippen LogP contribution in [0.2, 0.25) is 0 Å². The Morgan fingerprint density at radius 3 is 2.50 bits per heavy atom. The summed E-state index contributed by atoms with van der Waals surface area (Å²) in [5.41, 5.74) is 7.73. The van der Waals surface area contributed by atoms with Crippen molar-refractivity contribution in [3.63, 3.8) is 0 Å². The van der Waals surface area contributed by atoms with Crippen molar-refractivity contribution < 1.29 is 9.13 Å². The lowest BCUT2D eigenvalue weighted by Gasteiger charge is -2.12. The van der Waals surface area contributed by atoms with E-state index < -0.39 is 5.82 Å². The van der Waals surface area contributed by atoms with Crippen molar-refractivity contribution in [2.45, 2.75) is 6.61 Å². The predicted molar refractivity (Wildman–Crippen MR) is 84.8 cm³/mol. The zero-order chi connectivity index (χ0) is 15.4. The maximum atomic E-state index is 14.1.